The summed E-state index contributed by atoms with van der Waals surface area (Å²) >= 11 is 1.76. The molecule has 1 aromatic rings. The lowest BCUT2D eigenvalue weighted by molar-refractivity contribution is 0.0346. The summed E-state index contributed by atoms with van der Waals surface area (Å²) in [6.07, 6.45) is 3.12. The monoisotopic (exact) mass is 241 g/mol. The summed E-state index contributed by atoms with van der Waals surface area (Å²) < 4.78 is 5.33. The van der Waals surface area contributed by atoms with Crippen molar-refractivity contribution in [2.75, 3.05) is 38.2 Å². The Morgan fingerprint density at radius 3 is 3.06 bits per heavy atom. The van der Waals surface area contributed by atoms with Crippen molar-refractivity contribution in [1.82, 2.24) is 9.88 Å². The van der Waals surface area contributed by atoms with E-state index in [2.05, 4.69) is 22.1 Å². The van der Waals surface area contributed by atoms with Crippen LogP contribution < -0.4 is 5.32 Å². The lowest BCUT2D eigenvalue weighted by atomic mass is 10.4. The fourth-order valence-corrected chi connectivity index (χ4v) is 2.55. The number of nitrogens with one attached hydrogen (secondary N) is 1. The third kappa shape index (κ3) is 3.43. The van der Waals surface area contributed by atoms with Crippen LogP contribution in [0.15, 0.2) is 6.20 Å². The van der Waals surface area contributed by atoms with Crippen LogP contribution in [0.3, 0.4) is 0 Å². The molecule has 16 heavy (non-hydrogen) atoms. The van der Waals surface area contributed by atoms with E-state index in [9.17, 15) is 0 Å². The Balaban J connectivity index is 1.81. The van der Waals surface area contributed by atoms with Crippen molar-refractivity contribution in [3.63, 3.8) is 0 Å². The van der Waals surface area contributed by atoms with Gasteiger partial charge in [-0.05, 0) is 6.42 Å². The van der Waals surface area contributed by atoms with Gasteiger partial charge in [0.1, 0.15) is 0 Å². The number of rotatable bonds is 5. The molecule has 4 nitrogen and oxygen atoms in total. The van der Waals surface area contributed by atoms with E-state index in [-0.39, 0.29) is 0 Å². The Hall–Kier alpha value is -0.650. The van der Waals surface area contributed by atoms with Gasteiger partial charge in [0.25, 0.3) is 0 Å². The molecule has 0 aliphatic carbocycles. The van der Waals surface area contributed by atoms with E-state index >= 15 is 0 Å². The van der Waals surface area contributed by atoms with E-state index in [1.807, 2.05) is 6.20 Å². The average Bonchev–Trinajstić information content (AvgIpc) is 2.75. The molecule has 0 saturated carbocycles. The van der Waals surface area contributed by atoms with Crippen LogP contribution in [0.1, 0.15) is 18.2 Å². The average molecular weight is 241 g/mol. The topological polar surface area (TPSA) is 37.4 Å². The first-order valence-electron chi connectivity index (χ1n) is 5.87. The molecular weight excluding hydrogens is 222 g/mol. The maximum Gasteiger partial charge on any atom is 0.182 e. The van der Waals surface area contributed by atoms with Crippen LogP contribution in [0.25, 0.3) is 0 Å². The lowest BCUT2D eigenvalue weighted by Gasteiger charge is -2.25. The molecule has 0 spiro atoms. The zero-order chi connectivity index (χ0) is 11.2. The summed E-state index contributed by atoms with van der Waals surface area (Å²) in [5, 5.41) is 4.36. The summed E-state index contributed by atoms with van der Waals surface area (Å²) in [5.41, 5.74) is 0. The smallest absolute Gasteiger partial charge is 0.182 e. The summed E-state index contributed by atoms with van der Waals surface area (Å²) in [6.45, 7) is 7.97. The third-order valence-corrected chi connectivity index (χ3v) is 3.50. The first-order chi connectivity index (χ1) is 7.88. The Morgan fingerprint density at radius 1 is 1.50 bits per heavy atom. The predicted molar refractivity (Wildman–Crippen MR) is 67.0 cm³/mol. The van der Waals surface area contributed by atoms with Crippen molar-refractivity contribution in [1.29, 1.82) is 0 Å². The van der Waals surface area contributed by atoms with Crippen LogP contribution in [-0.2, 0) is 11.3 Å². The third-order valence-electron chi connectivity index (χ3n) is 2.56. The van der Waals surface area contributed by atoms with Gasteiger partial charge < -0.3 is 10.1 Å². The quantitative estimate of drug-likeness (QED) is 0.853. The van der Waals surface area contributed by atoms with Gasteiger partial charge in [0, 0.05) is 37.3 Å². The molecule has 5 heteroatoms. The zero-order valence-corrected chi connectivity index (χ0v) is 10.6. The number of thiazole rings is 1. The molecule has 0 unspecified atom stereocenters. The predicted octanol–water partition coefficient (Wildman–Crippen LogP) is 1.80. The molecule has 2 rings (SSSR count). The first kappa shape index (κ1) is 11.8. The number of nitrogens with zero attached hydrogens (tertiary/aromatic N) is 2. The molecule has 1 saturated heterocycles. The van der Waals surface area contributed by atoms with Gasteiger partial charge >= 0.3 is 0 Å². The van der Waals surface area contributed by atoms with Gasteiger partial charge in [-0.25, -0.2) is 4.98 Å². The molecule has 0 amide bonds. The van der Waals surface area contributed by atoms with E-state index < -0.39 is 0 Å². The molecule has 1 N–H and O–H groups in total. The van der Waals surface area contributed by atoms with Crippen molar-refractivity contribution < 1.29 is 4.74 Å². The normalized spacial score (nSPS) is 17.6. The van der Waals surface area contributed by atoms with Crippen LogP contribution in [0.2, 0.25) is 0 Å². The number of anilines is 1. The van der Waals surface area contributed by atoms with Gasteiger partial charge in [-0.15, -0.1) is 11.3 Å². The fraction of sp³-hybridized carbons (Fsp3) is 0.727. The largest absolute Gasteiger partial charge is 0.379 e. The second kappa shape index (κ2) is 6.18. The number of ether oxygens (including phenoxy) is 1. The Morgan fingerprint density at radius 2 is 2.31 bits per heavy atom. The van der Waals surface area contributed by atoms with E-state index in [4.69, 9.17) is 4.74 Å². The molecule has 0 atom stereocenters. The zero-order valence-electron chi connectivity index (χ0n) is 9.74. The van der Waals surface area contributed by atoms with Gasteiger partial charge in [0.05, 0.1) is 13.2 Å². The molecule has 90 valence electrons. The van der Waals surface area contributed by atoms with Crippen LogP contribution in [-0.4, -0.2) is 42.7 Å². The molecule has 0 radical (unpaired) electrons. The summed E-state index contributed by atoms with van der Waals surface area (Å²) in [4.78, 5) is 8.12. The minimum absolute atomic E-state index is 0.861. The van der Waals surface area contributed by atoms with Crippen LogP contribution in [0.4, 0.5) is 5.13 Å². The number of morpholine rings is 1. The number of hydrogen-bond donors (Lipinski definition) is 1. The van der Waals surface area contributed by atoms with Crippen LogP contribution >= 0.6 is 11.3 Å². The molecule has 1 aliphatic rings. The van der Waals surface area contributed by atoms with Gasteiger partial charge in [0.15, 0.2) is 5.13 Å². The van der Waals surface area contributed by atoms with E-state index in [1.165, 1.54) is 4.88 Å². The second-order valence-electron chi connectivity index (χ2n) is 3.95. The van der Waals surface area contributed by atoms with Gasteiger partial charge in [-0.2, -0.15) is 0 Å². The highest BCUT2D eigenvalue weighted by atomic mass is 32.1. The highest BCUT2D eigenvalue weighted by Gasteiger charge is 2.12. The van der Waals surface area contributed by atoms with Gasteiger partial charge in [-0.3, -0.25) is 4.90 Å². The molecule has 1 aliphatic heterocycles. The lowest BCUT2D eigenvalue weighted by Crippen LogP contribution is -2.35. The first-order valence-corrected chi connectivity index (χ1v) is 6.69. The summed E-state index contributed by atoms with van der Waals surface area (Å²) in [5.74, 6) is 0. The van der Waals surface area contributed by atoms with E-state index in [1.54, 1.807) is 11.3 Å². The Labute approximate surface area is 101 Å². The molecule has 2 heterocycles. The SMILES string of the molecule is CCCNc1ncc(CN2CCOCC2)s1. The Bertz CT molecular complexity index is 310. The van der Waals surface area contributed by atoms with Crippen molar-refractivity contribution in [2.24, 2.45) is 0 Å². The van der Waals surface area contributed by atoms with Crippen molar-refractivity contribution in [2.45, 2.75) is 19.9 Å². The summed E-state index contributed by atoms with van der Waals surface area (Å²) in [7, 11) is 0. The van der Waals surface area contributed by atoms with Gasteiger partial charge in [0.2, 0.25) is 0 Å². The maximum absolute atomic E-state index is 5.33. The molecule has 0 bridgehead atoms. The maximum atomic E-state index is 5.33. The highest BCUT2D eigenvalue weighted by molar-refractivity contribution is 7.15. The van der Waals surface area contributed by atoms with Crippen molar-refractivity contribution in [3.05, 3.63) is 11.1 Å². The van der Waals surface area contributed by atoms with Gasteiger partial charge in [-0.1, -0.05) is 6.92 Å². The van der Waals surface area contributed by atoms with E-state index in [0.29, 0.717) is 0 Å². The van der Waals surface area contributed by atoms with Crippen molar-refractivity contribution >= 4 is 16.5 Å². The second-order valence-corrected chi connectivity index (χ2v) is 5.06. The summed E-state index contributed by atoms with van der Waals surface area (Å²) in [6, 6.07) is 0. The Kier molecular flexibility index (Phi) is 4.56. The van der Waals surface area contributed by atoms with Crippen molar-refractivity contribution in [3.8, 4) is 0 Å². The molecule has 1 aromatic heterocycles. The highest BCUT2D eigenvalue weighted by Crippen LogP contribution is 2.19. The number of aromatic nitrogens is 1. The molecule has 1 fully saturated rings. The standard InChI is InChI=1S/C11H19N3OS/c1-2-3-12-11-13-8-10(16-11)9-14-4-6-15-7-5-14/h8H,2-7,9H2,1H3,(H,12,13). The molecule has 0 aromatic carbocycles. The minimum atomic E-state index is 0.861. The minimum Gasteiger partial charge on any atom is -0.379 e. The van der Waals surface area contributed by atoms with Crippen LogP contribution in [0.5, 0.6) is 0 Å². The van der Waals surface area contributed by atoms with E-state index in [0.717, 1.165) is 50.9 Å². The van der Waals surface area contributed by atoms with Crippen LogP contribution in [0, 0.1) is 0 Å². The molecular formula is C11H19N3OS. The number of hydrogen-bond acceptors (Lipinski definition) is 5. The fourth-order valence-electron chi connectivity index (χ4n) is 1.67.